The summed E-state index contributed by atoms with van der Waals surface area (Å²) in [6, 6.07) is 8.59. The molecule has 27 heavy (non-hydrogen) atoms. The third kappa shape index (κ3) is 3.89. The number of hydrogen-bond acceptors (Lipinski definition) is 4. The highest BCUT2D eigenvalue weighted by Gasteiger charge is 2.15. The van der Waals surface area contributed by atoms with Crippen LogP contribution in [0.2, 0.25) is 0 Å². The van der Waals surface area contributed by atoms with Crippen molar-refractivity contribution in [2.75, 3.05) is 17.7 Å². The number of benzene rings is 1. The lowest BCUT2D eigenvalue weighted by atomic mass is 10.1. The Kier molecular flexibility index (Phi) is 5.07. The number of aromatic nitrogens is 3. The van der Waals surface area contributed by atoms with Crippen LogP contribution >= 0.6 is 0 Å². The van der Waals surface area contributed by atoms with Gasteiger partial charge in [-0.3, -0.25) is 4.79 Å². The second-order valence-corrected chi connectivity index (χ2v) is 6.46. The van der Waals surface area contributed by atoms with E-state index in [-0.39, 0.29) is 18.0 Å². The maximum absolute atomic E-state index is 12.7. The van der Waals surface area contributed by atoms with Gasteiger partial charge < -0.3 is 16.0 Å². The van der Waals surface area contributed by atoms with Gasteiger partial charge in [0, 0.05) is 29.9 Å². The molecular weight excluding hydrogens is 344 g/mol. The normalized spacial score (nSPS) is 10.9. The fourth-order valence-corrected chi connectivity index (χ4v) is 2.74. The SMILES string of the molecule is CNC(=O)Nc1cccc(NC(=O)c2cc3cnn(C(C)C)c3nc2C)c1. The van der Waals surface area contributed by atoms with Crippen LogP contribution < -0.4 is 16.0 Å². The van der Waals surface area contributed by atoms with Crippen LogP contribution in [0.15, 0.2) is 36.5 Å². The third-order valence-electron chi connectivity index (χ3n) is 4.10. The van der Waals surface area contributed by atoms with E-state index in [2.05, 4.69) is 26.0 Å². The molecule has 0 saturated heterocycles. The van der Waals surface area contributed by atoms with Crippen LogP contribution in [0.5, 0.6) is 0 Å². The highest BCUT2D eigenvalue weighted by molar-refractivity contribution is 6.07. The first kappa shape index (κ1) is 18.4. The van der Waals surface area contributed by atoms with Crippen molar-refractivity contribution >= 4 is 34.3 Å². The molecule has 3 rings (SSSR count). The van der Waals surface area contributed by atoms with Crippen LogP contribution in [0.1, 0.15) is 35.9 Å². The van der Waals surface area contributed by atoms with E-state index < -0.39 is 0 Å². The van der Waals surface area contributed by atoms with Gasteiger partial charge in [-0.1, -0.05) is 6.07 Å². The van der Waals surface area contributed by atoms with Crippen molar-refractivity contribution in [2.24, 2.45) is 0 Å². The molecule has 3 aromatic rings. The van der Waals surface area contributed by atoms with Crippen molar-refractivity contribution in [1.82, 2.24) is 20.1 Å². The number of urea groups is 1. The molecule has 8 nitrogen and oxygen atoms in total. The van der Waals surface area contributed by atoms with Gasteiger partial charge in [-0.25, -0.2) is 14.5 Å². The predicted molar refractivity (Wildman–Crippen MR) is 105 cm³/mol. The number of pyridine rings is 1. The van der Waals surface area contributed by atoms with E-state index in [9.17, 15) is 9.59 Å². The summed E-state index contributed by atoms with van der Waals surface area (Å²) in [4.78, 5) is 28.7. The highest BCUT2D eigenvalue weighted by Crippen LogP contribution is 2.21. The molecule has 2 aromatic heterocycles. The molecule has 0 radical (unpaired) electrons. The summed E-state index contributed by atoms with van der Waals surface area (Å²) in [6.07, 6.45) is 1.71. The number of anilines is 2. The first-order valence-electron chi connectivity index (χ1n) is 8.64. The summed E-state index contributed by atoms with van der Waals surface area (Å²) in [5.41, 5.74) is 3.02. The molecule has 3 amide bonds. The summed E-state index contributed by atoms with van der Waals surface area (Å²) >= 11 is 0. The zero-order valence-corrected chi connectivity index (χ0v) is 15.7. The third-order valence-corrected chi connectivity index (χ3v) is 4.10. The van der Waals surface area contributed by atoms with Crippen molar-refractivity contribution in [3.05, 3.63) is 47.8 Å². The van der Waals surface area contributed by atoms with Gasteiger partial charge in [0.1, 0.15) is 0 Å². The zero-order valence-electron chi connectivity index (χ0n) is 15.7. The number of nitrogens with one attached hydrogen (secondary N) is 3. The van der Waals surface area contributed by atoms with Crippen LogP contribution in [0.25, 0.3) is 11.0 Å². The van der Waals surface area contributed by atoms with Crippen LogP contribution in [-0.4, -0.2) is 33.8 Å². The Labute approximate surface area is 157 Å². The Bertz CT molecular complexity index is 1010. The van der Waals surface area contributed by atoms with E-state index in [0.717, 1.165) is 11.0 Å². The van der Waals surface area contributed by atoms with Gasteiger partial charge in [-0.2, -0.15) is 5.10 Å². The molecule has 3 N–H and O–H groups in total. The van der Waals surface area contributed by atoms with Gasteiger partial charge in [0.05, 0.1) is 17.5 Å². The first-order valence-corrected chi connectivity index (χ1v) is 8.64. The van der Waals surface area contributed by atoms with E-state index in [1.54, 1.807) is 43.5 Å². The van der Waals surface area contributed by atoms with Gasteiger partial charge in [-0.05, 0) is 45.0 Å². The molecule has 140 valence electrons. The Morgan fingerprint density at radius 2 is 1.81 bits per heavy atom. The Hall–Kier alpha value is -3.42. The van der Waals surface area contributed by atoms with Crippen molar-refractivity contribution < 1.29 is 9.59 Å². The summed E-state index contributed by atoms with van der Waals surface area (Å²) in [6.45, 7) is 5.86. The fourth-order valence-electron chi connectivity index (χ4n) is 2.74. The van der Waals surface area contributed by atoms with Crippen LogP contribution in [0.3, 0.4) is 0 Å². The van der Waals surface area contributed by atoms with Crippen LogP contribution in [0.4, 0.5) is 16.2 Å². The van der Waals surface area contributed by atoms with Gasteiger partial charge in [-0.15, -0.1) is 0 Å². The molecule has 0 aliphatic heterocycles. The monoisotopic (exact) mass is 366 g/mol. The van der Waals surface area contributed by atoms with E-state index in [4.69, 9.17) is 0 Å². The van der Waals surface area contributed by atoms with E-state index in [1.165, 1.54) is 7.05 Å². The maximum Gasteiger partial charge on any atom is 0.318 e. The summed E-state index contributed by atoms with van der Waals surface area (Å²) < 4.78 is 1.83. The topological polar surface area (TPSA) is 101 Å². The average molecular weight is 366 g/mol. The summed E-state index contributed by atoms with van der Waals surface area (Å²) in [5, 5.41) is 13.2. The standard InChI is InChI=1S/C19H22N6O2/c1-11(2)25-17-13(10-21-25)8-16(12(3)22-17)18(26)23-14-6-5-7-15(9-14)24-19(27)20-4/h5-11H,1-4H3,(H,23,26)(H2,20,24,27). The number of hydrogen-bond donors (Lipinski definition) is 3. The lowest BCUT2D eigenvalue weighted by Gasteiger charge is -2.11. The number of aryl methyl sites for hydroxylation is 1. The number of carbonyl (C=O) groups excluding carboxylic acids is 2. The molecule has 0 saturated carbocycles. The molecule has 0 fully saturated rings. The summed E-state index contributed by atoms with van der Waals surface area (Å²) in [5.74, 6) is -0.267. The largest absolute Gasteiger partial charge is 0.341 e. The zero-order chi connectivity index (χ0) is 19.6. The first-order chi connectivity index (χ1) is 12.9. The summed E-state index contributed by atoms with van der Waals surface area (Å²) in [7, 11) is 1.54. The highest BCUT2D eigenvalue weighted by atomic mass is 16.2. The number of nitrogens with zero attached hydrogens (tertiary/aromatic N) is 3. The minimum absolute atomic E-state index is 0.185. The van der Waals surface area contributed by atoms with Crippen molar-refractivity contribution in [3.63, 3.8) is 0 Å². The number of carbonyl (C=O) groups is 2. The van der Waals surface area contributed by atoms with Gasteiger partial charge >= 0.3 is 6.03 Å². The smallest absolute Gasteiger partial charge is 0.318 e. The molecule has 0 atom stereocenters. The van der Waals surface area contributed by atoms with Gasteiger partial charge in [0.2, 0.25) is 0 Å². The van der Waals surface area contributed by atoms with E-state index in [0.29, 0.717) is 22.6 Å². The Balaban J connectivity index is 1.85. The Morgan fingerprint density at radius 3 is 2.48 bits per heavy atom. The fraction of sp³-hybridized carbons (Fsp3) is 0.263. The van der Waals surface area contributed by atoms with Crippen molar-refractivity contribution in [1.29, 1.82) is 0 Å². The van der Waals surface area contributed by atoms with Crippen molar-refractivity contribution in [3.8, 4) is 0 Å². The van der Waals surface area contributed by atoms with Crippen LogP contribution in [0, 0.1) is 6.92 Å². The minimum atomic E-state index is -0.328. The van der Waals surface area contributed by atoms with Crippen molar-refractivity contribution in [2.45, 2.75) is 26.8 Å². The molecule has 0 aliphatic carbocycles. The molecule has 0 bridgehead atoms. The van der Waals surface area contributed by atoms with Gasteiger partial charge in [0.15, 0.2) is 5.65 Å². The Morgan fingerprint density at radius 1 is 1.11 bits per heavy atom. The second-order valence-electron chi connectivity index (χ2n) is 6.46. The number of rotatable bonds is 4. The van der Waals surface area contributed by atoms with Crippen LogP contribution in [-0.2, 0) is 0 Å². The molecule has 0 unspecified atom stereocenters. The molecular formula is C19H22N6O2. The quantitative estimate of drug-likeness (QED) is 0.659. The van der Waals surface area contributed by atoms with E-state index >= 15 is 0 Å². The maximum atomic E-state index is 12.7. The lowest BCUT2D eigenvalue weighted by Crippen LogP contribution is -2.24. The molecule has 0 aliphatic rings. The minimum Gasteiger partial charge on any atom is -0.341 e. The molecule has 2 heterocycles. The molecule has 0 spiro atoms. The predicted octanol–water partition coefficient (Wildman–Crippen LogP) is 3.32. The second kappa shape index (κ2) is 7.45. The lowest BCUT2D eigenvalue weighted by molar-refractivity contribution is 0.102. The number of amides is 3. The van der Waals surface area contributed by atoms with E-state index in [1.807, 2.05) is 18.5 Å². The number of fused-ring (bicyclic) bond motifs is 1. The van der Waals surface area contributed by atoms with Gasteiger partial charge in [0.25, 0.3) is 5.91 Å². The molecule has 8 heteroatoms. The molecule has 1 aromatic carbocycles. The average Bonchev–Trinajstić information content (AvgIpc) is 3.04.